The standard InChI is InChI=1S/C16H24N4OS/c1-2-3-7-14-8-10-15(11-9-14)20-16(17-18-19-20)22-13-6-4-5-12-21/h8-11,21H,2-7,12-13H2,1H3. The maximum atomic E-state index is 8.78. The van der Waals surface area contributed by atoms with E-state index in [0.717, 1.165) is 42.3 Å². The van der Waals surface area contributed by atoms with Crippen molar-refractivity contribution >= 4 is 11.8 Å². The maximum absolute atomic E-state index is 8.78. The van der Waals surface area contributed by atoms with Crippen LogP contribution < -0.4 is 0 Å². The molecule has 0 radical (unpaired) electrons. The fraction of sp³-hybridized carbons (Fsp3) is 0.562. The minimum Gasteiger partial charge on any atom is -0.396 e. The van der Waals surface area contributed by atoms with Crippen LogP contribution in [0.5, 0.6) is 0 Å². The Morgan fingerprint density at radius 2 is 1.91 bits per heavy atom. The second-order valence-electron chi connectivity index (χ2n) is 5.28. The number of aryl methyl sites for hydroxylation is 1. The van der Waals surface area contributed by atoms with E-state index < -0.39 is 0 Å². The molecule has 0 bridgehead atoms. The molecule has 5 nitrogen and oxygen atoms in total. The zero-order chi connectivity index (χ0) is 15.6. The van der Waals surface area contributed by atoms with E-state index >= 15 is 0 Å². The van der Waals surface area contributed by atoms with Crippen LogP contribution in [-0.4, -0.2) is 37.7 Å². The lowest BCUT2D eigenvalue weighted by Gasteiger charge is -2.06. The average molecular weight is 320 g/mol. The van der Waals surface area contributed by atoms with E-state index in [2.05, 4.69) is 46.7 Å². The van der Waals surface area contributed by atoms with Crippen molar-refractivity contribution in [2.45, 2.75) is 50.6 Å². The fourth-order valence-electron chi connectivity index (χ4n) is 2.17. The number of hydrogen-bond acceptors (Lipinski definition) is 5. The van der Waals surface area contributed by atoms with Gasteiger partial charge < -0.3 is 5.11 Å². The summed E-state index contributed by atoms with van der Waals surface area (Å²) in [7, 11) is 0. The number of hydrogen-bond donors (Lipinski definition) is 1. The predicted molar refractivity (Wildman–Crippen MR) is 89.4 cm³/mol. The molecule has 0 aliphatic carbocycles. The van der Waals surface area contributed by atoms with Crippen LogP contribution in [0.2, 0.25) is 0 Å². The van der Waals surface area contributed by atoms with Crippen molar-refractivity contribution in [3.63, 3.8) is 0 Å². The number of aliphatic hydroxyl groups excluding tert-OH is 1. The molecule has 0 fully saturated rings. The molecule has 0 aliphatic heterocycles. The number of thioether (sulfide) groups is 1. The van der Waals surface area contributed by atoms with Crippen LogP contribution in [0.1, 0.15) is 44.6 Å². The van der Waals surface area contributed by atoms with Gasteiger partial charge in [-0.3, -0.25) is 0 Å². The first-order valence-corrected chi connectivity index (χ1v) is 8.95. The van der Waals surface area contributed by atoms with Crippen molar-refractivity contribution < 1.29 is 5.11 Å². The molecule has 22 heavy (non-hydrogen) atoms. The monoisotopic (exact) mass is 320 g/mol. The molecule has 1 N–H and O–H groups in total. The van der Waals surface area contributed by atoms with Gasteiger partial charge in [-0.2, -0.15) is 4.68 Å². The molecule has 0 saturated heterocycles. The molecule has 0 spiro atoms. The van der Waals surface area contributed by atoms with Crippen LogP contribution in [0.3, 0.4) is 0 Å². The van der Waals surface area contributed by atoms with Crippen molar-refractivity contribution in [3.8, 4) is 5.69 Å². The first-order valence-electron chi connectivity index (χ1n) is 7.96. The summed E-state index contributed by atoms with van der Waals surface area (Å²) in [5.74, 6) is 0.967. The van der Waals surface area contributed by atoms with E-state index in [1.165, 1.54) is 18.4 Å². The molecule has 120 valence electrons. The van der Waals surface area contributed by atoms with Gasteiger partial charge in [0.25, 0.3) is 0 Å². The highest BCUT2D eigenvalue weighted by Crippen LogP contribution is 2.20. The van der Waals surface area contributed by atoms with Crippen molar-refractivity contribution in [3.05, 3.63) is 29.8 Å². The first-order chi connectivity index (χ1) is 10.8. The van der Waals surface area contributed by atoms with Gasteiger partial charge in [-0.15, -0.1) is 5.10 Å². The number of nitrogens with zero attached hydrogens (tertiary/aromatic N) is 4. The number of aromatic nitrogens is 4. The average Bonchev–Trinajstić information content (AvgIpc) is 3.02. The third kappa shape index (κ3) is 5.10. The van der Waals surface area contributed by atoms with Gasteiger partial charge in [0.15, 0.2) is 0 Å². The minimum atomic E-state index is 0.271. The van der Waals surface area contributed by atoms with Gasteiger partial charge in [-0.05, 0) is 53.8 Å². The number of rotatable bonds is 10. The van der Waals surface area contributed by atoms with Crippen molar-refractivity contribution in [1.29, 1.82) is 0 Å². The van der Waals surface area contributed by atoms with Crippen LogP contribution >= 0.6 is 11.8 Å². The molecule has 0 saturated carbocycles. The molecular weight excluding hydrogens is 296 g/mol. The van der Waals surface area contributed by atoms with Crippen LogP contribution in [0.4, 0.5) is 0 Å². The van der Waals surface area contributed by atoms with E-state index in [-0.39, 0.29) is 6.61 Å². The van der Waals surface area contributed by atoms with Crippen molar-refractivity contribution in [2.24, 2.45) is 0 Å². The van der Waals surface area contributed by atoms with E-state index in [1.807, 2.05) is 0 Å². The van der Waals surface area contributed by atoms with Crippen molar-refractivity contribution in [1.82, 2.24) is 20.2 Å². The second-order valence-corrected chi connectivity index (χ2v) is 6.34. The number of aliphatic hydroxyl groups is 1. The summed E-state index contributed by atoms with van der Waals surface area (Å²) in [5.41, 5.74) is 2.36. The third-order valence-corrected chi connectivity index (χ3v) is 4.48. The molecule has 6 heteroatoms. The lowest BCUT2D eigenvalue weighted by molar-refractivity contribution is 0.284. The lowest BCUT2D eigenvalue weighted by atomic mass is 10.1. The van der Waals surface area contributed by atoms with E-state index in [4.69, 9.17) is 5.11 Å². The quantitative estimate of drug-likeness (QED) is 0.538. The Hall–Kier alpha value is -1.40. The van der Waals surface area contributed by atoms with Crippen LogP contribution in [0, 0.1) is 0 Å². The number of benzene rings is 1. The van der Waals surface area contributed by atoms with Gasteiger partial charge in [0, 0.05) is 12.4 Å². The predicted octanol–water partition coefficient (Wildman–Crippen LogP) is 3.26. The van der Waals surface area contributed by atoms with E-state index in [9.17, 15) is 0 Å². The number of unbranched alkanes of at least 4 members (excludes halogenated alkanes) is 3. The van der Waals surface area contributed by atoms with Gasteiger partial charge in [-0.25, -0.2) is 0 Å². The Balaban J connectivity index is 1.93. The highest BCUT2D eigenvalue weighted by Gasteiger charge is 2.08. The Morgan fingerprint density at radius 1 is 1.09 bits per heavy atom. The van der Waals surface area contributed by atoms with Gasteiger partial charge in [0.05, 0.1) is 5.69 Å². The molecule has 0 amide bonds. The molecule has 1 aromatic heterocycles. The van der Waals surface area contributed by atoms with E-state index in [1.54, 1.807) is 16.4 Å². The van der Waals surface area contributed by atoms with E-state index in [0.29, 0.717) is 0 Å². The summed E-state index contributed by atoms with van der Waals surface area (Å²) in [5, 5.41) is 21.6. The van der Waals surface area contributed by atoms with Gasteiger partial charge >= 0.3 is 0 Å². The highest BCUT2D eigenvalue weighted by atomic mass is 32.2. The zero-order valence-corrected chi connectivity index (χ0v) is 13.9. The van der Waals surface area contributed by atoms with Crippen LogP contribution in [0.15, 0.2) is 29.4 Å². The smallest absolute Gasteiger partial charge is 0.214 e. The Labute approximate surface area is 136 Å². The number of tetrazole rings is 1. The van der Waals surface area contributed by atoms with Gasteiger partial charge in [0.1, 0.15) is 0 Å². The summed E-state index contributed by atoms with van der Waals surface area (Å²) in [6.07, 6.45) is 6.53. The Kier molecular flexibility index (Phi) is 7.39. The molecule has 1 heterocycles. The molecule has 0 unspecified atom stereocenters. The topological polar surface area (TPSA) is 63.8 Å². The SMILES string of the molecule is CCCCc1ccc(-n2nnnc2SCCCCCO)cc1. The summed E-state index contributed by atoms with van der Waals surface area (Å²) < 4.78 is 1.79. The van der Waals surface area contributed by atoms with Crippen molar-refractivity contribution in [2.75, 3.05) is 12.4 Å². The molecule has 2 aromatic rings. The molecular formula is C16H24N4OS. The van der Waals surface area contributed by atoms with Crippen LogP contribution in [0.25, 0.3) is 5.69 Å². The normalized spacial score (nSPS) is 11.0. The zero-order valence-electron chi connectivity index (χ0n) is 13.1. The Bertz CT molecular complexity index is 541. The minimum absolute atomic E-state index is 0.271. The summed E-state index contributed by atoms with van der Waals surface area (Å²) in [6.45, 7) is 2.48. The first kappa shape index (κ1) is 17.0. The summed E-state index contributed by atoms with van der Waals surface area (Å²) in [6, 6.07) is 8.47. The highest BCUT2D eigenvalue weighted by molar-refractivity contribution is 7.99. The summed E-state index contributed by atoms with van der Waals surface area (Å²) >= 11 is 1.66. The molecule has 0 aliphatic rings. The third-order valence-electron chi connectivity index (χ3n) is 3.47. The second kappa shape index (κ2) is 9.58. The fourth-order valence-corrected chi connectivity index (χ4v) is 3.06. The molecule has 2 rings (SSSR count). The van der Waals surface area contributed by atoms with Gasteiger partial charge in [-0.1, -0.05) is 43.7 Å². The Morgan fingerprint density at radius 3 is 2.64 bits per heavy atom. The molecule has 1 aromatic carbocycles. The largest absolute Gasteiger partial charge is 0.396 e. The lowest BCUT2D eigenvalue weighted by Crippen LogP contribution is -2.00. The maximum Gasteiger partial charge on any atom is 0.214 e. The summed E-state index contributed by atoms with van der Waals surface area (Å²) in [4.78, 5) is 0. The van der Waals surface area contributed by atoms with Crippen LogP contribution in [-0.2, 0) is 6.42 Å². The van der Waals surface area contributed by atoms with Gasteiger partial charge in [0.2, 0.25) is 5.16 Å². The molecule has 0 atom stereocenters.